The van der Waals surface area contributed by atoms with Crippen LogP contribution in [0.3, 0.4) is 0 Å². The molecule has 0 aliphatic carbocycles. The summed E-state index contributed by atoms with van der Waals surface area (Å²) in [7, 11) is 0. The first-order valence-electron chi connectivity index (χ1n) is 7.72. The summed E-state index contributed by atoms with van der Waals surface area (Å²) in [4.78, 5) is 14.1. The molecule has 0 spiro atoms. The van der Waals surface area contributed by atoms with Crippen LogP contribution in [-0.2, 0) is 10.2 Å². The van der Waals surface area contributed by atoms with Gasteiger partial charge < -0.3 is 15.0 Å². The van der Waals surface area contributed by atoms with Crippen LogP contribution < -0.4 is 5.32 Å². The second-order valence-electron chi connectivity index (χ2n) is 6.71. The predicted molar refractivity (Wildman–Crippen MR) is 84.4 cm³/mol. The van der Waals surface area contributed by atoms with Crippen molar-refractivity contribution in [2.75, 3.05) is 19.6 Å². The van der Waals surface area contributed by atoms with Crippen molar-refractivity contribution in [3.05, 3.63) is 35.6 Å². The first-order chi connectivity index (χ1) is 10.3. The van der Waals surface area contributed by atoms with E-state index in [1.54, 1.807) is 17.0 Å². The van der Waals surface area contributed by atoms with Gasteiger partial charge in [0.25, 0.3) is 0 Å². The van der Waals surface area contributed by atoms with E-state index in [2.05, 4.69) is 5.32 Å². The smallest absolute Gasteiger partial charge is 0.317 e. The fourth-order valence-electron chi connectivity index (χ4n) is 2.76. The number of ether oxygens (including phenoxy) is 1. The molecule has 1 saturated heterocycles. The highest BCUT2D eigenvalue weighted by molar-refractivity contribution is 5.74. The molecule has 4 nitrogen and oxygen atoms in total. The van der Waals surface area contributed by atoms with Gasteiger partial charge in [-0.15, -0.1) is 0 Å². The summed E-state index contributed by atoms with van der Waals surface area (Å²) < 4.78 is 18.7. The average Bonchev–Trinajstić information content (AvgIpc) is 2.44. The maximum atomic E-state index is 13.0. The summed E-state index contributed by atoms with van der Waals surface area (Å²) in [6.07, 6.45) is 0.110. The highest BCUT2D eigenvalue weighted by Crippen LogP contribution is 2.22. The average molecular weight is 308 g/mol. The van der Waals surface area contributed by atoms with Crippen LogP contribution in [0.15, 0.2) is 24.3 Å². The molecule has 2 rings (SSSR count). The normalized spacial score (nSPS) is 22.5. The topological polar surface area (TPSA) is 41.6 Å². The number of benzene rings is 1. The molecule has 5 heteroatoms. The molecular weight excluding hydrogens is 283 g/mol. The Morgan fingerprint density at radius 1 is 1.27 bits per heavy atom. The Hall–Kier alpha value is -1.62. The molecule has 1 aliphatic rings. The second-order valence-corrected chi connectivity index (χ2v) is 6.71. The number of urea groups is 1. The summed E-state index contributed by atoms with van der Waals surface area (Å²) in [5.74, 6) is -0.250. The van der Waals surface area contributed by atoms with Gasteiger partial charge in [-0.25, -0.2) is 9.18 Å². The van der Waals surface area contributed by atoms with Crippen LogP contribution in [0.25, 0.3) is 0 Å². The third-order valence-electron chi connectivity index (χ3n) is 4.01. The zero-order chi connectivity index (χ0) is 16.3. The Labute approximate surface area is 131 Å². The standard InChI is InChI=1S/C17H25FN2O2/c1-12-9-20(10-13(2)22-12)16(21)19-11-17(3,4)14-5-7-15(18)8-6-14/h5-8,12-13H,9-11H2,1-4H3,(H,19,21). The molecule has 0 bridgehead atoms. The van der Waals surface area contributed by atoms with E-state index >= 15 is 0 Å². The number of morpholine rings is 1. The van der Waals surface area contributed by atoms with Gasteiger partial charge in [-0.3, -0.25) is 0 Å². The molecule has 1 N–H and O–H groups in total. The minimum atomic E-state index is -0.257. The Morgan fingerprint density at radius 3 is 2.36 bits per heavy atom. The van der Waals surface area contributed by atoms with Gasteiger partial charge >= 0.3 is 6.03 Å². The molecule has 22 heavy (non-hydrogen) atoms. The van der Waals surface area contributed by atoms with E-state index in [1.807, 2.05) is 27.7 Å². The molecular formula is C17H25FN2O2. The molecule has 2 atom stereocenters. The number of hydrogen-bond donors (Lipinski definition) is 1. The maximum Gasteiger partial charge on any atom is 0.317 e. The van der Waals surface area contributed by atoms with Gasteiger partial charge in [0.2, 0.25) is 0 Å². The van der Waals surface area contributed by atoms with Crippen molar-refractivity contribution in [1.82, 2.24) is 10.2 Å². The van der Waals surface area contributed by atoms with E-state index in [0.29, 0.717) is 19.6 Å². The molecule has 1 fully saturated rings. The van der Waals surface area contributed by atoms with Crippen LogP contribution in [0.5, 0.6) is 0 Å². The van der Waals surface area contributed by atoms with Gasteiger partial charge in [-0.1, -0.05) is 26.0 Å². The first-order valence-corrected chi connectivity index (χ1v) is 7.72. The van der Waals surface area contributed by atoms with Crippen molar-refractivity contribution >= 4 is 6.03 Å². The van der Waals surface area contributed by atoms with Crippen molar-refractivity contribution in [2.24, 2.45) is 0 Å². The van der Waals surface area contributed by atoms with Crippen molar-refractivity contribution in [3.8, 4) is 0 Å². The number of carbonyl (C=O) groups excluding carboxylic acids is 1. The van der Waals surface area contributed by atoms with Crippen LogP contribution in [-0.4, -0.2) is 42.8 Å². The molecule has 0 radical (unpaired) electrons. The monoisotopic (exact) mass is 308 g/mol. The summed E-state index contributed by atoms with van der Waals surface area (Å²) in [6, 6.07) is 6.35. The van der Waals surface area contributed by atoms with Gasteiger partial charge in [0, 0.05) is 25.0 Å². The van der Waals surface area contributed by atoms with Gasteiger partial charge in [-0.05, 0) is 31.5 Å². The van der Waals surface area contributed by atoms with Crippen LogP contribution in [0.4, 0.5) is 9.18 Å². The van der Waals surface area contributed by atoms with E-state index in [-0.39, 0.29) is 29.5 Å². The number of amides is 2. The van der Waals surface area contributed by atoms with Gasteiger partial charge in [0.15, 0.2) is 0 Å². The van der Waals surface area contributed by atoms with E-state index in [0.717, 1.165) is 5.56 Å². The van der Waals surface area contributed by atoms with Crippen LogP contribution >= 0.6 is 0 Å². The molecule has 2 amide bonds. The molecule has 0 aromatic heterocycles. The quantitative estimate of drug-likeness (QED) is 0.933. The first kappa shape index (κ1) is 16.7. The summed E-state index contributed by atoms with van der Waals surface area (Å²) in [5, 5.41) is 2.98. The SMILES string of the molecule is CC1CN(C(=O)NCC(C)(C)c2ccc(F)cc2)CC(C)O1. The summed E-state index contributed by atoms with van der Waals surface area (Å²) in [6.45, 7) is 9.71. The Kier molecular flexibility index (Phi) is 5.06. The van der Waals surface area contributed by atoms with Crippen molar-refractivity contribution in [1.29, 1.82) is 0 Å². The van der Waals surface area contributed by atoms with Crippen molar-refractivity contribution in [2.45, 2.75) is 45.3 Å². The van der Waals surface area contributed by atoms with Crippen LogP contribution in [0, 0.1) is 5.82 Å². The van der Waals surface area contributed by atoms with Gasteiger partial charge in [0.1, 0.15) is 5.82 Å². The molecule has 1 aromatic rings. The highest BCUT2D eigenvalue weighted by atomic mass is 19.1. The fourth-order valence-corrected chi connectivity index (χ4v) is 2.76. The lowest BCUT2D eigenvalue weighted by Crippen LogP contribution is -2.53. The summed E-state index contributed by atoms with van der Waals surface area (Å²) in [5.41, 5.74) is 0.741. The van der Waals surface area contributed by atoms with Gasteiger partial charge in [0.05, 0.1) is 12.2 Å². The Bertz CT molecular complexity index is 506. The van der Waals surface area contributed by atoms with Crippen molar-refractivity contribution < 1.29 is 13.9 Å². The minimum absolute atomic E-state index is 0.0552. The third-order valence-corrected chi connectivity index (χ3v) is 4.01. The van der Waals surface area contributed by atoms with Crippen molar-refractivity contribution in [3.63, 3.8) is 0 Å². The number of rotatable bonds is 3. The zero-order valence-corrected chi connectivity index (χ0v) is 13.7. The van der Waals surface area contributed by atoms with E-state index in [4.69, 9.17) is 4.74 Å². The molecule has 2 unspecified atom stereocenters. The second kappa shape index (κ2) is 6.65. The molecule has 1 heterocycles. The number of hydrogen-bond acceptors (Lipinski definition) is 2. The van der Waals surface area contributed by atoms with E-state index in [9.17, 15) is 9.18 Å². The molecule has 0 saturated carbocycles. The predicted octanol–water partition coefficient (Wildman–Crippen LogP) is 2.92. The number of carbonyl (C=O) groups is 1. The Balaban J connectivity index is 1.93. The fraction of sp³-hybridized carbons (Fsp3) is 0.588. The number of nitrogens with one attached hydrogen (secondary N) is 1. The number of nitrogens with zero attached hydrogens (tertiary/aromatic N) is 1. The summed E-state index contributed by atoms with van der Waals surface area (Å²) >= 11 is 0. The lowest BCUT2D eigenvalue weighted by Gasteiger charge is -2.36. The zero-order valence-electron chi connectivity index (χ0n) is 13.7. The third kappa shape index (κ3) is 4.19. The lowest BCUT2D eigenvalue weighted by molar-refractivity contribution is -0.0545. The van der Waals surface area contributed by atoms with Crippen LogP contribution in [0.2, 0.25) is 0 Å². The van der Waals surface area contributed by atoms with Gasteiger partial charge in [-0.2, -0.15) is 0 Å². The van der Waals surface area contributed by atoms with Crippen LogP contribution in [0.1, 0.15) is 33.3 Å². The molecule has 1 aromatic carbocycles. The maximum absolute atomic E-state index is 13.0. The molecule has 122 valence electrons. The van der Waals surface area contributed by atoms with E-state index < -0.39 is 0 Å². The Morgan fingerprint density at radius 2 is 1.82 bits per heavy atom. The molecule has 1 aliphatic heterocycles. The highest BCUT2D eigenvalue weighted by Gasteiger charge is 2.27. The minimum Gasteiger partial charge on any atom is -0.372 e. The largest absolute Gasteiger partial charge is 0.372 e. The van der Waals surface area contributed by atoms with E-state index in [1.165, 1.54) is 12.1 Å². The lowest BCUT2D eigenvalue weighted by atomic mass is 9.84. The number of halogens is 1.